The maximum atomic E-state index is 12.4. The van der Waals surface area contributed by atoms with Crippen LogP contribution in [0.4, 0.5) is 14.6 Å². The summed E-state index contributed by atoms with van der Waals surface area (Å²) in [6, 6.07) is 1.71. The minimum Gasteiger partial charge on any atom is -0.383 e. The summed E-state index contributed by atoms with van der Waals surface area (Å²) in [4.78, 5) is 3.60. The maximum absolute atomic E-state index is 12.4. The molecule has 0 saturated heterocycles. The first-order valence-corrected chi connectivity index (χ1v) is 4.75. The average Bonchev–Trinajstić information content (AvgIpc) is 2.16. The second kappa shape index (κ2) is 4.33. The van der Waals surface area contributed by atoms with E-state index in [1.165, 1.54) is 0 Å². The fourth-order valence-electron chi connectivity index (χ4n) is 1.02. The summed E-state index contributed by atoms with van der Waals surface area (Å²) in [6.45, 7) is 0. The third kappa shape index (κ3) is 1.82. The number of alkyl halides is 3. The van der Waals surface area contributed by atoms with E-state index in [1.807, 2.05) is 0 Å². The highest BCUT2D eigenvalue weighted by Crippen LogP contribution is 2.27. The maximum Gasteiger partial charge on any atom is 0.266 e. The third-order valence-electron chi connectivity index (χ3n) is 1.72. The fourth-order valence-corrected chi connectivity index (χ4v) is 1.58. The molecule has 3 nitrogen and oxygen atoms in total. The smallest absolute Gasteiger partial charge is 0.266 e. The molecule has 1 rings (SSSR count). The summed E-state index contributed by atoms with van der Waals surface area (Å²) < 4.78 is 24.8. The van der Waals surface area contributed by atoms with Gasteiger partial charge in [0.05, 0.1) is 11.1 Å². The van der Waals surface area contributed by atoms with E-state index in [2.05, 4.69) is 20.9 Å². The van der Waals surface area contributed by atoms with Crippen LogP contribution in [0.1, 0.15) is 23.1 Å². The molecule has 14 heavy (non-hydrogen) atoms. The number of anilines is 1. The summed E-state index contributed by atoms with van der Waals surface area (Å²) >= 11 is 3.07. The van der Waals surface area contributed by atoms with Crippen molar-refractivity contribution in [3.05, 3.63) is 22.9 Å². The highest BCUT2D eigenvalue weighted by atomic mass is 79.9. The summed E-state index contributed by atoms with van der Waals surface area (Å²) in [6.07, 6.45) is -1.78. The van der Waals surface area contributed by atoms with Crippen molar-refractivity contribution in [3.8, 4) is 6.07 Å². The Hall–Kier alpha value is -1.22. The first kappa shape index (κ1) is 10.9. The summed E-state index contributed by atoms with van der Waals surface area (Å²) in [5, 5.41) is 8.95. The van der Waals surface area contributed by atoms with Crippen molar-refractivity contribution < 1.29 is 8.78 Å². The van der Waals surface area contributed by atoms with Crippen LogP contribution in [-0.4, -0.2) is 4.98 Å². The quantitative estimate of drug-likeness (QED) is 0.832. The standard InChI is InChI=1S/C8H6BrF2N3/c9-1-4-5(2-12)6(7(10)11)3-14-8(4)13/h3,7H,1H2,(H2,13,14). The van der Waals surface area contributed by atoms with E-state index in [0.717, 1.165) is 6.20 Å². The minimum atomic E-state index is -2.71. The van der Waals surface area contributed by atoms with Crippen molar-refractivity contribution in [1.82, 2.24) is 4.98 Å². The molecule has 0 fully saturated rings. The molecule has 0 unspecified atom stereocenters. The zero-order valence-corrected chi connectivity index (χ0v) is 8.55. The lowest BCUT2D eigenvalue weighted by molar-refractivity contribution is 0.150. The molecule has 0 bridgehead atoms. The highest BCUT2D eigenvalue weighted by molar-refractivity contribution is 9.08. The molecule has 1 aromatic heterocycles. The first-order chi connectivity index (χ1) is 6.61. The van der Waals surface area contributed by atoms with Gasteiger partial charge < -0.3 is 5.73 Å². The monoisotopic (exact) mass is 261 g/mol. The SMILES string of the molecule is N#Cc1c(C(F)F)cnc(N)c1CBr. The van der Waals surface area contributed by atoms with Crippen LogP contribution in [0, 0.1) is 11.3 Å². The van der Waals surface area contributed by atoms with Crippen molar-refractivity contribution in [3.63, 3.8) is 0 Å². The molecule has 0 saturated carbocycles. The number of nitrogens with two attached hydrogens (primary N) is 1. The Kier molecular flexibility index (Phi) is 3.36. The molecule has 0 aromatic carbocycles. The van der Waals surface area contributed by atoms with E-state index >= 15 is 0 Å². The lowest BCUT2D eigenvalue weighted by Gasteiger charge is -2.08. The van der Waals surface area contributed by atoms with Gasteiger partial charge in [-0.1, -0.05) is 15.9 Å². The van der Waals surface area contributed by atoms with Crippen molar-refractivity contribution >= 4 is 21.7 Å². The predicted octanol–water partition coefficient (Wildman–Crippen LogP) is 2.37. The second-order valence-corrected chi connectivity index (χ2v) is 3.06. The van der Waals surface area contributed by atoms with E-state index in [1.54, 1.807) is 6.07 Å². The van der Waals surface area contributed by atoms with Gasteiger partial charge in [-0.05, 0) is 0 Å². The Labute approximate surface area is 87.7 Å². The third-order valence-corrected chi connectivity index (χ3v) is 2.28. The van der Waals surface area contributed by atoms with Crippen LogP contribution in [0.2, 0.25) is 0 Å². The van der Waals surface area contributed by atoms with Crippen LogP contribution in [0.25, 0.3) is 0 Å². The Morgan fingerprint density at radius 3 is 2.71 bits per heavy atom. The van der Waals surface area contributed by atoms with Crippen LogP contribution in [0.5, 0.6) is 0 Å². The van der Waals surface area contributed by atoms with Crippen molar-refractivity contribution in [2.75, 3.05) is 5.73 Å². The zero-order chi connectivity index (χ0) is 10.7. The molecule has 74 valence electrons. The predicted molar refractivity (Wildman–Crippen MR) is 51.0 cm³/mol. The van der Waals surface area contributed by atoms with Crippen molar-refractivity contribution in [1.29, 1.82) is 5.26 Å². The molecule has 2 N–H and O–H groups in total. The number of aromatic nitrogens is 1. The van der Waals surface area contributed by atoms with Gasteiger partial charge in [-0.3, -0.25) is 0 Å². The number of pyridine rings is 1. The Bertz CT molecular complexity index is 387. The van der Waals surface area contributed by atoms with Crippen LogP contribution >= 0.6 is 15.9 Å². The van der Waals surface area contributed by atoms with E-state index in [0.29, 0.717) is 5.56 Å². The van der Waals surface area contributed by atoms with Gasteiger partial charge in [0, 0.05) is 17.1 Å². The van der Waals surface area contributed by atoms with Gasteiger partial charge in [-0.2, -0.15) is 5.26 Å². The zero-order valence-electron chi connectivity index (χ0n) is 6.97. The van der Waals surface area contributed by atoms with Gasteiger partial charge in [0.1, 0.15) is 11.9 Å². The van der Waals surface area contributed by atoms with Crippen LogP contribution in [0.3, 0.4) is 0 Å². The van der Waals surface area contributed by atoms with E-state index in [9.17, 15) is 8.78 Å². The number of nitrogen functional groups attached to an aromatic ring is 1. The van der Waals surface area contributed by atoms with Crippen LogP contribution in [0.15, 0.2) is 6.20 Å². The van der Waals surface area contributed by atoms with Crippen LogP contribution in [-0.2, 0) is 5.33 Å². The molecule has 0 spiro atoms. The molecule has 0 aliphatic carbocycles. The summed E-state index contributed by atoms with van der Waals surface area (Å²) in [7, 11) is 0. The normalized spacial score (nSPS) is 10.2. The lowest BCUT2D eigenvalue weighted by atomic mass is 10.1. The van der Waals surface area contributed by atoms with Gasteiger partial charge in [-0.25, -0.2) is 13.8 Å². The molecular weight excluding hydrogens is 256 g/mol. The molecule has 1 aromatic rings. The molecule has 6 heteroatoms. The Balaban J connectivity index is 3.43. The molecule has 0 radical (unpaired) electrons. The van der Waals surface area contributed by atoms with Crippen LogP contribution < -0.4 is 5.73 Å². The number of rotatable bonds is 2. The number of nitriles is 1. The largest absolute Gasteiger partial charge is 0.383 e. The molecule has 0 atom stereocenters. The van der Waals surface area contributed by atoms with Crippen molar-refractivity contribution in [2.24, 2.45) is 0 Å². The Morgan fingerprint density at radius 2 is 2.29 bits per heavy atom. The molecule has 0 aliphatic rings. The minimum absolute atomic E-state index is 0.0932. The molecular formula is C8H6BrF2N3. The van der Waals surface area contributed by atoms with Gasteiger partial charge in [0.25, 0.3) is 6.43 Å². The topological polar surface area (TPSA) is 62.7 Å². The summed E-state index contributed by atoms with van der Waals surface area (Å²) in [5.74, 6) is 0.0998. The van der Waals surface area contributed by atoms with Gasteiger partial charge >= 0.3 is 0 Å². The van der Waals surface area contributed by atoms with Gasteiger partial charge in [-0.15, -0.1) is 0 Å². The van der Waals surface area contributed by atoms with Crippen molar-refractivity contribution in [2.45, 2.75) is 11.8 Å². The highest BCUT2D eigenvalue weighted by Gasteiger charge is 2.18. The van der Waals surface area contributed by atoms with E-state index in [-0.39, 0.29) is 22.3 Å². The number of hydrogen-bond donors (Lipinski definition) is 1. The second-order valence-electron chi connectivity index (χ2n) is 2.50. The number of halogens is 3. The lowest BCUT2D eigenvalue weighted by Crippen LogP contribution is -2.03. The first-order valence-electron chi connectivity index (χ1n) is 3.63. The fraction of sp³-hybridized carbons (Fsp3) is 0.250. The Morgan fingerprint density at radius 1 is 1.64 bits per heavy atom. The molecule has 0 aliphatic heterocycles. The number of hydrogen-bond acceptors (Lipinski definition) is 3. The molecule has 0 amide bonds. The summed E-state index contributed by atoms with van der Waals surface area (Å²) in [5.41, 5.74) is 5.28. The van der Waals surface area contributed by atoms with Gasteiger partial charge in [0.2, 0.25) is 0 Å². The van der Waals surface area contributed by atoms with E-state index < -0.39 is 6.43 Å². The van der Waals surface area contributed by atoms with Gasteiger partial charge in [0.15, 0.2) is 0 Å². The van der Waals surface area contributed by atoms with E-state index in [4.69, 9.17) is 11.0 Å². The average molecular weight is 262 g/mol. The number of nitrogens with zero attached hydrogens (tertiary/aromatic N) is 2. The molecule has 1 heterocycles.